The van der Waals surface area contributed by atoms with E-state index in [2.05, 4.69) is 16.4 Å². The largest absolute Gasteiger partial charge is 0.392 e. The maximum atomic E-state index is 13.7. The highest BCUT2D eigenvalue weighted by Gasteiger charge is 2.28. The number of benzene rings is 2. The van der Waals surface area contributed by atoms with Gasteiger partial charge in [0.15, 0.2) is 0 Å². The summed E-state index contributed by atoms with van der Waals surface area (Å²) in [6.45, 7) is 2.28. The van der Waals surface area contributed by atoms with Crippen molar-refractivity contribution in [3.8, 4) is 11.1 Å². The normalized spacial score (nSPS) is 14.7. The predicted octanol–water partition coefficient (Wildman–Crippen LogP) is 3.42. The van der Waals surface area contributed by atoms with Crippen LogP contribution in [0.25, 0.3) is 11.1 Å². The summed E-state index contributed by atoms with van der Waals surface area (Å²) < 4.78 is 6.79. The van der Waals surface area contributed by atoms with Crippen molar-refractivity contribution in [2.75, 3.05) is 62.1 Å². The van der Waals surface area contributed by atoms with Gasteiger partial charge in [0.05, 0.1) is 31.1 Å². The van der Waals surface area contributed by atoms with Gasteiger partial charge in [0.2, 0.25) is 0 Å². The average molecular weight is 609 g/mol. The van der Waals surface area contributed by atoms with Crippen LogP contribution in [0.1, 0.15) is 31.8 Å². The van der Waals surface area contributed by atoms with Crippen molar-refractivity contribution >= 4 is 34.7 Å². The number of carbonyl (C=O) groups is 2. The minimum Gasteiger partial charge on any atom is -0.392 e. The molecule has 2 aliphatic rings. The van der Waals surface area contributed by atoms with Gasteiger partial charge in [-0.1, -0.05) is 12.1 Å². The Morgan fingerprint density at radius 3 is 2.53 bits per heavy atom. The minimum absolute atomic E-state index is 0.110. The standard InChI is InChI=1S/C34H36N6O5/c1-37(2)25-8-9-27-22(17-25)11-12-40(33(27)43)30-6-4-5-26(28(30)21-41)24-18-29(34(44)38(3)20-24)36-31-10-7-23(19-35-31)32(42)39-13-15-45-16-14-39/h4-10,17-20,41H,11-16,21H2,1-3H3,(H,35,36). The van der Waals surface area contributed by atoms with Gasteiger partial charge in [-0.05, 0) is 60.0 Å². The molecule has 0 saturated carbocycles. The number of aryl methyl sites for hydroxylation is 1. The van der Waals surface area contributed by atoms with Gasteiger partial charge in [0, 0.05) is 75.5 Å². The van der Waals surface area contributed by atoms with E-state index >= 15 is 0 Å². The lowest BCUT2D eigenvalue weighted by molar-refractivity contribution is 0.0302. The minimum atomic E-state index is -0.298. The molecule has 0 spiro atoms. The van der Waals surface area contributed by atoms with Gasteiger partial charge >= 0.3 is 0 Å². The Morgan fingerprint density at radius 2 is 1.82 bits per heavy atom. The molecule has 2 amide bonds. The van der Waals surface area contributed by atoms with Crippen LogP contribution in [0.5, 0.6) is 0 Å². The number of aliphatic hydroxyl groups excluding tert-OH is 1. The lowest BCUT2D eigenvalue weighted by Crippen LogP contribution is -2.40. The van der Waals surface area contributed by atoms with Gasteiger partial charge in [-0.2, -0.15) is 0 Å². The second-order valence-electron chi connectivity index (χ2n) is 11.4. The fraction of sp³-hybridized carbons (Fsp3) is 0.294. The zero-order chi connectivity index (χ0) is 31.7. The van der Waals surface area contributed by atoms with Gasteiger partial charge in [-0.3, -0.25) is 14.4 Å². The fourth-order valence-electron chi connectivity index (χ4n) is 5.88. The number of nitrogens with one attached hydrogen (secondary N) is 1. The van der Waals surface area contributed by atoms with E-state index in [1.54, 1.807) is 41.2 Å². The molecular weight excluding hydrogens is 572 g/mol. The SMILES string of the molecule is CN(C)c1ccc2c(c1)CCN(c1cccc(-c3cc(Nc4ccc(C(=O)N5CCOCC5)cn4)c(=O)n(C)c3)c1CO)C2=O. The van der Waals surface area contributed by atoms with Gasteiger partial charge < -0.3 is 34.4 Å². The summed E-state index contributed by atoms with van der Waals surface area (Å²) in [6.07, 6.45) is 3.89. The molecule has 0 aliphatic carbocycles. The zero-order valence-electron chi connectivity index (χ0n) is 25.6. The number of carbonyl (C=O) groups excluding carboxylic acids is 2. The molecule has 0 atom stereocenters. The van der Waals surface area contributed by atoms with Crippen LogP contribution < -0.4 is 20.7 Å². The first-order chi connectivity index (χ1) is 21.7. The van der Waals surface area contributed by atoms with Crippen molar-refractivity contribution in [1.29, 1.82) is 0 Å². The Labute approximate surface area is 261 Å². The van der Waals surface area contributed by atoms with Crippen molar-refractivity contribution in [3.63, 3.8) is 0 Å². The van der Waals surface area contributed by atoms with Crippen LogP contribution in [-0.2, 0) is 24.8 Å². The fourth-order valence-corrected chi connectivity index (χ4v) is 5.88. The number of nitrogens with zero attached hydrogens (tertiary/aromatic N) is 5. The van der Waals surface area contributed by atoms with Crippen LogP contribution in [0, 0.1) is 0 Å². The Morgan fingerprint density at radius 1 is 1.02 bits per heavy atom. The Balaban J connectivity index is 1.28. The molecule has 2 aromatic heterocycles. The molecule has 232 valence electrons. The molecule has 4 heterocycles. The number of fused-ring (bicyclic) bond motifs is 1. The summed E-state index contributed by atoms with van der Waals surface area (Å²) in [5, 5.41) is 13.7. The van der Waals surface area contributed by atoms with Gasteiger partial charge in [-0.15, -0.1) is 0 Å². The smallest absolute Gasteiger partial charge is 0.274 e. The van der Waals surface area contributed by atoms with Gasteiger partial charge in [0.25, 0.3) is 17.4 Å². The molecule has 1 saturated heterocycles. The Bertz CT molecular complexity index is 1810. The lowest BCUT2D eigenvalue weighted by atomic mass is 9.94. The molecule has 6 rings (SSSR count). The third kappa shape index (κ3) is 5.92. The van der Waals surface area contributed by atoms with E-state index in [1.807, 2.05) is 49.3 Å². The zero-order valence-corrected chi connectivity index (χ0v) is 25.6. The van der Waals surface area contributed by atoms with E-state index in [0.29, 0.717) is 78.6 Å². The first kappa shape index (κ1) is 30.0. The van der Waals surface area contributed by atoms with E-state index in [1.165, 1.54) is 10.8 Å². The van der Waals surface area contributed by atoms with Crippen LogP contribution in [0.3, 0.4) is 0 Å². The summed E-state index contributed by atoms with van der Waals surface area (Å²) in [7, 11) is 5.60. The highest BCUT2D eigenvalue weighted by Crippen LogP contribution is 2.35. The summed E-state index contributed by atoms with van der Waals surface area (Å²) in [6, 6.07) is 16.5. The Hall–Kier alpha value is -5.00. The molecular formula is C34H36N6O5. The van der Waals surface area contributed by atoms with E-state index in [9.17, 15) is 19.5 Å². The molecule has 2 aromatic carbocycles. The molecule has 2 aliphatic heterocycles. The first-order valence-corrected chi connectivity index (χ1v) is 14.9. The first-order valence-electron chi connectivity index (χ1n) is 14.9. The number of hydrogen-bond donors (Lipinski definition) is 2. The van der Waals surface area contributed by atoms with Crippen LogP contribution in [0.15, 0.2) is 71.8 Å². The van der Waals surface area contributed by atoms with Crippen LogP contribution >= 0.6 is 0 Å². The highest BCUT2D eigenvalue weighted by molar-refractivity contribution is 6.09. The van der Waals surface area contributed by atoms with E-state index in [-0.39, 0.29) is 29.7 Å². The number of rotatable bonds is 7. The number of anilines is 4. The molecule has 0 radical (unpaired) electrons. The van der Waals surface area contributed by atoms with Crippen molar-refractivity contribution in [2.45, 2.75) is 13.0 Å². The molecule has 45 heavy (non-hydrogen) atoms. The molecule has 11 heteroatoms. The lowest BCUT2D eigenvalue weighted by Gasteiger charge is -2.31. The van der Waals surface area contributed by atoms with Gasteiger partial charge in [-0.25, -0.2) is 4.98 Å². The number of morpholine rings is 1. The molecule has 0 bridgehead atoms. The molecule has 11 nitrogen and oxygen atoms in total. The van der Waals surface area contributed by atoms with Gasteiger partial charge in [0.1, 0.15) is 11.5 Å². The molecule has 1 fully saturated rings. The average Bonchev–Trinajstić information content (AvgIpc) is 3.06. The maximum absolute atomic E-state index is 13.7. The topological polar surface area (TPSA) is 120 Å². The molecule has 4 aromatic rings. The van der Waals surface area contributed by atoms with E-state index < -0.39 is 0 Å². The Kier molecular flexibility index (Phi) is 8.38. The highest BCUT2D eigenvalue weighted by atomic mass is 16.5. The molecule has 0 unspecified atom stereocenters. The van der Waals surface area contributed by atoms with E-state index in [4.69, 9.17) is 4.74 Å². The van der Waals surface area contributed by atoms with Crippen molar-refractivity contribution in [2.24, 2.45) is 7.05 Å². The number of pyridine rings is 2. The number of aliphatic hydroxyl groups is 1. The number of hydrogen-bond acceptors (Lipinski definition) is 8. The van der Waals surface area contributed by atoms with Crippen LogP contribution in [0.4, 0.5) is 22.9 Å². The van der Waals surface area contributed by atoms with Crippen LogP contribution in [0.2, 0.25) is 0 Å². The monoisotopic (exact) mass is 608 g/mol. The summed E-state index contributed by atoms with van der Waals surface area (Å²) >= 11 is 0. The summed E-state index contributed by atoms with van der Waals surface area (Å²) in [5.41, 5.74) is 5.78. The van der Waals surface area contributed by atoms with Crippen molar-refractivity contribution in [1.82, 2.24) is 14.5 Å². The third-order valence-electron chi connectivity index (χ3n) is 8.35. The second-order valence-corrected chi connectivity index (χ2v) is 11.4. The number of aromatic nitrogens is 2. The molecule has 2 N–H and O–H groups in total. The third-order valence-corrected chi connectivity index (χ3v) is 8.35. The summed E-state index contributed by atoms with van der Waals surface area (Å²) in [4.78, 5) is 49.4. The maximum Gasteiger partial charge on any atom is 0.274 e. The predicted molar refractivity (Wildman–Crippen MR) is 173 cm³/mol. The second kappa shape index (κ2) is 12.5. The number of ether oxygens (including phenoxy) is 1. The van der Waals surface area contributed by atoms with Crippen molar-refractivity contribution in [3.05, 3.63) is 99.6 Å². The quantitative estimate of drug-likeness (QED) is 0.328. The van der Waals surface area contributed by atoms with E-state index in [0.717, 1.165) is 11.3 Å². The number of amides is 2. The van der Waals surface area contributed by atoms with Crippen molar-refractivity contribution < 1.29 is 19.4 Å². The summed E-state index contributed by atoms with van der Waals surface area (Å²) in [5.74, 6) is 0.187. The van der Waals surface area contributed by atoms with Crippen LogP contribution in [-0.4, -0.2) is 78.3 Å².